The van der Waals surface area contributed by atoms with Crippen LogP contribution >= 0.6 is 11.6 Å². The van der Waals surface area contributed by atoms with Crippen LogP contribution in [0.3, 0.4) is 0 Å². The maximum atomic E-state index is 12.2. The predicted octanol–water partition coefficient (Wildman–Crippen LogP) is 2.26. The number of hydrogen-bond donors (Lipinski definition) is 1. The van der Waals surface area contributed by atoms with Gasteiger partial charge in [0.15, 0.2) is 0 Å². The Morgan fingerprint density at radius 1 is 1.58 bits per heavy atom. The molecular formula is C14H20ClN3O. The molecule has 0 aromatic carbocycles. The Kier molecular flexibility index (Phi) is 4.77. The van der Waals surface area contributed by atoms with Gasteiger partial charge < -0.3 is 10.2 Å². The fourth-order valence-corrected chi connectivity index (χ4v) is 2.74. The monoisotopic (exact) mass is 281 g/mol. The molecule has 0 aliphatic carbocycles. The molecule has 1 aliphatic heterocycles. The summed E-state index contributed by atoms with van der Waals surface area (Å²) >= 11 is 5.88. The van der Waals surface area contributed by atoms with Gasteiger partial charge in [0.05, 0.1) is 0 Å². The zero-order valence-electron chi connectivity index (χ0n) is 11.4. The molecule has 1 atom stereocenters. The quantitative estimate of drug-likeness (QED) is 0.865. The van der Waals surface area contributed by atoms with E-state index in [2.05, 4.69) is 22.1 Å². The number of halogens is 1. The summed E-state index contributed by atoms with van der Waals surface area (Å²) in [5.41, 5.74) is 1.35. The first kappa shape index (κ1) is 14.3. The molecule has 104 valence electrons. The van der Waals surface area contributed by atoms with Crippen molar-refractivity contribution < 1.29 is 4.79 Å². The highest BCUT2D eigenvalue weighted by Crippen LogP contribution is 2.13. The Morgan fingerprint density at radius 2 is 2.37 bits per heavy atom. The van der Waals surface area contributed by atoms with Gasteiger partial charge in [0.2, 0.25) is 0 Å². The zero-order valence-corrected chi connectivity index (χ0v) is 12.2. The summed E-state index contributed by atoms with van der Waals surface area (Å²) in [5.74, 6) is -0.0599. The number of piperidine rings is 1. The van der Waals surface area contributed by atoms with Crippen molar-refractivity contribution in [3.05, 3.63) is 28.5 Å². The number of carbonyl (C=O) groups excluding carboxylic acids is 1. The first-order valence-corrected chi connectivity index (χ1v) is 7.13. The normalized spacial score (nSPS) is 20.3. The molecule has 1 aromatic heterocycles. The van der Waals surface area contributed by atoms with Gasteiger partial charge in [-0.25, -0.2) is 4.98 Å². The van der Waals surface area contributed by atoms with Crippen LogP contribution in [0, 0.1) is 6.92 Å². The van der Waals surface area contributed by atoms with Crippen molar-refractivity contribution in [3.8, 4) is 0 Å². The molecule has 1 unspecified atom stereocenters. The molecule has 1 amide bonds. The van der Waals surface area contributed by atoms with Crippen molar-refractivity contribution in [3.63, 3.8) is 0 Å². The van der Waals surface area contributed by atoms with Gasteiger partial charge in [-0.3, -0.25) is 4.79 Å². The Hall–Kier alpha value is -1.13. The molecule has 0 radical (unpaired) electrons. The number of amides is 1. The molecule has 0 saturated carbocycles. The van der Waals surface area contributed by atoms with Crippen molar-refractivity contribution in [2.45, 2.75) is 32.7 Å². The fourth-order valence-electron chi connectivity index (χ4n) is 2.49. The number of aromatic nitrogens is 1. The predicted molar refractivity (Wildman–Crippen MR) is 76.6 cm³/mol. The van der Waals surface area contributed by atoms with Gasteiger partial charge >= 0.3 is 0 Å². The summed E-state index contributed by atoms with van der Waals surface area (Å²) in [6, 6.07) is 3.61. The highest BCUT2D eigenvalue weighted by atomic mass is 35.5. The molecule has 1 aliphatic rings. The van der Waals surface area contributed by atoms with E-state index in [1.807, 2.05) is 6.92 Å². The summed E-state index contributed by atoms with van der Waals surface area (Å²) in [6.07, 6.45) is 2.18. The molecule has 2 rings (SSSR count). The highest BCUT2D eigenvalue weighted by Gasteiger charge is 2.21. The van der Waals surface area contributed by atoms with Gasteiger partial charge in [-0.2, -0.15) is 0 Å². The standard InChI is InChI=1S/C14H20ClN3O/c1-3-18-6-4-5-12(9-18)17-14(19)11-7-10(2)16-13(15)8-11/h7-8,12H,3-6,9H2,1-2H3,(H,17,19). The number of aryl methyl sites for hydroxylation is 1. The zero-order chi connectivity index (χ0) is 13.8. The van der Waals surface area contributed by atoms with Crippen molar-refractivity contribution in [2.24, 2.45) is 0 Å². The van der Waals surface area contributed by atoms with Crippen molar-refractivity contribution in [1.82, 2.24) is 15.2 Å². The summed E-state index contributed by atoms with van der Waals surface area (Å²) in [6.45, 7) is 7.08. The van der Waals surface area contributed by atoms with E-state index in [0.717, 1.165) is 38.2 Å². The third-order valence-corrected chi connectivity index (χ3v) is 3.67. The van der Waals surface area contributed by atoms with E-state index in [9.17, 15) is 4.79 Å². The molecule has 5 heteroatoms. The summed E-state index contributed by atoms with van der Waals surface area (Å²) in [5, 5.41) is 3.45. The smallest absolute Gasteiger partial charge is 0.251 e. The van der Waals surface area contributed by atoms with Gasteiger partial charge in [0.1, 0.15) is 5.15 Å². The summed E-state index contributed by atoms with van der Waals surface area (Å²) < 4.78 is 0. The molecule has 0 spiro atoms. The number of likely N-dealkylation sites (N-methyl/N-ethyl adjacent to an activating group) is 1. The molecule has 1 saturated heterocycles. The lowest BCUT2D eigenvalue weighted by Gasteiger charge is -2.32. The minimum absolute atomic E-state index is 0.0599. The van der Waals surface area contributed by atoms with E-state index < -0.39 is 0 Å². The van der Waals surface area contributed by atoms with Crippen LogP contribution in [0.5, 0.6) is 0 Å². The lowest BCUT2D eigenvalue weighted by Crippen LogP contribution is -2.47. The lowest BCUT2D eigenvalue weighted by molar-refractivity contribution is 0.0905. The summed E-state index contributed by atoms with van der Waals surface area (Å²) in [7, 11) is 0. The van der Waals surface area contributed by atoms with Crippen LogP contribution in [0.15, 0.2) is 12.1 Å². The Morgan fingerprint density at radius 3 is 3.05 bits per heavy atom. The Labute approximate surface area is 119 Å². The number of likely N-dealkylation sites (tertiary alicyclic amines) is 1. The third-order valence-electron chi connectivity index (χ3n) is 3.47. The maximum Gasteiger partial charge on any atom is 0.251 e. The largest absolute Gasteiger partial charge is 0.348 e. The second-order valence-electron chi connectivity index (χ2n) is 5.03. The van der Waals surface area contributed by atoms with Gasteiger partial charge in [0.25, 0.3) is 5.91 Å². The van der Waals surface area contributed by atoms with E-state index in [4.69, 9.17) is 11.6 Å². The number of nitrogens with zero attached hydrogens (tertiary/aromatic N) is 2. The number of rotatable bonds is 3. The molecular weight excluding hydrogens is 262 g/mol. The minimum Gasteiger partial charge on any atom is -0.348 e. The van der Waals surface area contributed by atoms with Gasteiger partial charge in [-0.15, -0.1) is 0 Å². The Bertz CT molecular complexity index is 444. The molecule has 4 nitrogen and oxygen atoms in total. The second-order valence-corrected chi connectivity index (χ2v) is 5.41. The minimum atomic E-state index is -0.0599. The number of carbonyl (C=O) groups is 1. The van der Waals surface area contributed by atoms with Crippen LogP contribution in [0.25, 0.3) is 0 Å². The van der Waals surface area contributed by atoms with Gasteiger partial charge in [-0.1, -0.05) is 18.5 Å². The van der Waals surface area contributed by atoms with Crippen LogP contribution in [0.4, 0.5) is 0 Å². The topological polar surface area (TPSA) is 45.2 Å². The van der Waals surface area contributed by atoms with Crippen molar-refractivity contribution in [1.29, 1.82) is 0 Å². The van der Waals surface area contributed by atoms with E-state index >= 15 is 0 Å². The van der Waals surface area contributed by atoms with Crippen molar-refractivity contribution >= 4 is 17.5 Å². The van der Waals surface area contributed by atoms with Crippen LogP contribution in [-0.4, -0.2) is 41.5 Å². The number of nitrogens with one attached hydrogen (secondary N) is 1. The lowest BCUT2D eigenvalue weighted by atomic mass is 10.1. The third kappa shape index (κ3) is 3.91. The molecule has 1 fully saturated rings. The van der Waals surface area contributed by atoms with Gasteiger partial charge in [0, 0.05) is 23.8 Å². The van der Waals surface area contributed by atoms with Crippen LogP contribution in [0.2, 0.25) is 5.15 Å². The van der Waals surface area contributed by atoms with Crippen LogP contribution < -0.4 is 5.32 Å². The molecule has 0 bridgehead atoms. The van der Waals surface area contributed by atoms with Crippen LogP contribution in [-0.2, 0) is 0 Å². The average Bonchev–Trinajstić information content (AvgIpc) is 2.37. The first-order chi connectivity index (χ1) is 9.08. The molecule has 2 heterocycles. The highest BCUT2D eigenvalue weighted by molar-refractivity contribution is 6.29. The van der Waals surface area contributed by atoms with Gasteiger partial charge in [-0.05, 0) is 45.0 Å². The summed E-state index contributed by atoms with van der Waals surface area (Å²) in [4.78, 5) is 18.6. The fraction of sp³-hybridized carbons (Fsp3) is 0.571. The van der Waals surface area contributed by atoms with Crippen molar-refractivity contribution in [2.75, 3.05) is 19.6 Å². The van der Waals surface area contributed by atoms with E-state index in [0.29, 0.717) is 10.7 Å². The van der Waals surface area contributed by atoms with Crippen LogP contribution in [0.1, 0.15) is 35.8 Å². The molecule has 1 aromatic rings. The average molecular weight is 282 g/mol. The van der Waals surface area contributed by atoms with E-state index in [-0.39, 0.29) is 11.9 Å². The number of pyridine rings is 1. The number of hydrogen-bond acceptors (Lipinski definition) is 3. The first-order valence-electron chi connectivity index (χ1n) is 6.76. The maximum absolute atomic E-state index is 12.2. The Balaban J connectivity index is 2.00. The molecule has 1 N–H and O–H groups in total. The SMILES string of the molecule is CCN1CCCC(NC(=O)c2cc(C)nc(Cl)c2)C1. The van der Waals surface area contributed by atoms with E-state index in [1.165, 1.54) is 0 Å². The second kappa shape index (κ2) is 6.35. The molecule has 19 heavy (non-hydrogen) atoms. The van der Waals surface area contributed by atoms with E-state index in [1.54, 1.807) is 12.1 Å².